The minimum Gasteiger partial charge on any atom is -0.465 e. The van der Waals surface area contributed by atoms with Crippen LogP contribution in [0.2, 0.25) is 0 Å². The van der Waals surface area contributed by atoms with Crippen molar-refractivity contribution in [3.05, 3.63) is 42.0 Å². The smallest absolute Gasteiger partial charge is 0.323 e. The van der Waals surface area contributed by atoms with Gasteiger partial charge in [0.2, 0.25) is 0 Å². The van der Waals surface area contributed by atoms with Crippen molar-refractivity contribution in [2.75, 3.05) is 13.2 Å². The predicted molar refractivity (Wildman–Crippen MR) is 86.3 cm³/mol. The Balaban J connectivity index is 1.84. The summed E-state index contributed by atoms with van der Waals surface area (Å²) in [6, 6.07) is 10.1. The lowest BCUT2D eigenvalue weighted by atomic mass is 9.74. The van der Waals surface area contributed by atoms with E-state index in [9.17, 15) is 9.59 Å². The molecule has 2 unspecified atom stereocenters. The first-order valence-corrected chi connectivity index (χ1v) is 8.24. The molecule has 4 nitrogen and oxygen atoms in total. The molecule has 0 spiro atoms. The van der Waals surface area contributed by atoms with Gasteiger partial charge in [-0.25, -0.2) is 0 Å². The van der Waals surface area contributed by atoms with Crippen molar-refractivity contribution in [2.45, 2.75) is 26.7 Å². The predicted octanol–water partition coefficient (Wildman–Crippen LogP) is 3.22. The van der Waals surface area contributed by atoms with Gasteiger partial charge >= 0.3 is 11.9 Å². The van der Waals surface area contributed by atoms with Crippen LogP contribution in [0, 0.1) is 17.3 Å². The van der Waals surface area contributed by atoms with Crippen LogP contribution in [0.15, 0.2) is 36.4 Å². The maximum atomic E-state index is 12.5. The van der Waals surface area contributed by atoms with Gasteiger partial charge in [-0.1, -0.05) is 36.4 Å². The van der Waals surface area contributed by atoms with E-state index in [0.29, 0.717) is 12.8 Å². The van der Waals surface area contributed by atoms with E-state index >= 15 is 0 Å². The maximum absolute atomic E-state index is 12.5. The van der Waals surface area contributed by atoms with Gasteiger partial charge in [-0.3, -0.25) is 9.59 Å². The molecule has 2 aliphatic rings. The Hall–Kier alpha value is -2.10. The molecule has 0 N–H and O–H groups in total. The van der Waals surface area contributed by atoms with E-state index in [1.807, 2.05) is 18.2 Å². The van der Waals surface area contributed by atoms with Gasteiger partial charge in [-0.05, 0) is 49.7 Å². The Labute approximate surface area is 136 Å². The van der Waals surface area contributed by atoms with Crippen molar-refractivity contribution in [1.29, 1.82) is 0 Å². The number of fused-ring (bicyclic) bond motifs is 1. The number of carbonyl (C=O) groups is 2. The fourth-order valence-corrected chi connectivity index (χ4v) is 3.80. The minimum atomic E-state index is -1.14. The molecule has 2 atom stereocenters. The second-order valence-corrected chi connectivity index (χ2v) is 6.19. The molecular weight excluding hydrogens is 292 g/mol. The fourth-order valence-electron chi connectivity index (χ4n) is 3.80. The van der Waals surface area contributed by atoms with Crippen LogP contribution >= 0.6 is 0 Å². The summed E-state index contributed by atoms with van der Waals surface area (Å²) in [6.45, 7) is 4.06. The van der Waals surface area contributed by atoms with Crippen LogP contribution in [0.5, 0.6) is 0 Å². The lowest BCUT2D eigenvalue weighted by molar-refractivity contribution is -0.171. The van der Waals surface area contributed by atoms with Crippen LogP contribution in [0.4, 0.5) is 0 Å². The molecule has 23 heavy (non-hydrogen) atoms. The van der Waals surface area contributed by atoms with Gasteiger partial charge in [0, 0.05) is 0 Å². The van der Waals surface area contributed by atoms with Crippen molar-refractivity contribution in [1.82, 2.24) is 0 Å². The van der Waals surface area contributed by atoms with E-state index in [2.05, 4.69) is 18.2 Å². The second-order valence-electron chi connectivity index (χ2n) is 6.19. The summed E-state index contributed by atoms with van der Waals surface area (Å²) in [7, 11) is 0. The molecule has 4 heteroatoms. The van der Waals surface area contributed by atoms with Gasteiger partial charge in [0.05, 0.1) is 13.2 Å². The van der Waals surface area contributed by atoms with E-state index < -0.39 is 17.4 Å². The number of benzene rings is 1. The Bertz CT molecular complexity index is 614. The number of allylic oxidation sites excluding steroid dienone is 2. The molecule has 122 valence electrons. The van der Waals surface area contributed by atoms with Crippen molar-refractivity contribution in [3.63, 3.8) is 0 Å². The van der Waals surface area contributed by atoms with Crippen LogP contribution in [0.1, 0.15) is 32.3 Å². The van der Waals surface area contributed by atoms with Crippen molar-refractivity contribution in [2.24, 2.45) is 17.3 Å². The van der Waals surface area contributed by atoms with Crippen LogP contribution < -0.4 is 0 Å². The molecule has 1 aromatic rings. The number of esters is 2. The zero-order chi connectivity index (χ0) is 16.4. The molecular formula is C19H22O4. The summed E-state index contributed by atoms with van der Waals surface area (Å²) < 4.78 is 10.4. The molecule has 0 aliphatic heterocycles. The largest absolute Gasteiger partial charge is 0.465 e. The van der Waals surface area contributed by atoms with E-state index in [1.165, 1.54) is 5.57 Å². The first kappa shape index (κ1) is 15.8. The lowest BCUT2D eigenvalue weighted by Gasteiger charge is -2.30. The van der Waals surface area contributed by atoms with Gasteiger partial charge < -0.3 is 9.47 Å². The van der Waals surface area contributed by atoms with E-state index in [0.717, 1.165) is 5.56 Å². The molecule has 0 saturated heterocycles. The summed E-state index contributed by atoms with van der Waals surface area (Å²) in [5.41, 5.74) is 1.25. The molecule has 0 heterocycles. The Morgan fingerprint density at radius 1 is 1.04 bits per heavy atom. The summed E-state index contributed by atoms with van der Waals surface area (Å²) in [5.74, 6) is -0.396. The average molecular weight is 314 g/mol. The number of hydrogen-bond donors (Lipinski definition) is 0. The van der Waals surface area contributed by atoms with Crippen molar-refractivity contribution >= 4 is 17.5 Å². The highest BCUT2D eigenvalue weighted by Gasteiger charge is 2.60. The zero-order valence-corrected chi connectivity index (χ0v) is 13.6. The number of ether oxygens (including phenoxy) is 2. The highest BCUT2D eigenvalue weighted by Crippen LogP contribution is 2.58. The summed E-state index contributed by atoms with van der Waals surface area (Å²) >= 11 is 0. The van der Waals surface area contributed by atoms with Gasteiger partial charge in [0.1, 0.15) is 0 Å². The third-order valence-corrected chi connectivity index (χ3v) is 4.90. The van der Waals surface area contributed by atoms with E-state index in [1.54, 1.807) is 13.8 Å². The first-order valence-electron chi connectivity index (χ1n) is 8.24. The van der Waals surface area contributed by atoms with Crippen LogP contribution in [-0.2, 0) is 19.1 Å². The molecule has 0 bridgehead atoms. The third-order valence-electron chi connectivity index (χ3n) is 4.90. The minimum absolute atomic E-state index is 0.228. The highest BCUT2D eigenvalue weighted by molar-refractivity contribution is 6.01. The second kappa shape index (κ2) is 6.19. The Kier molecular flexibility index (Phi) is 4.24. The summed E-state index contributed by atoms with van der Waals surface area (Å²) in [5, 5.41) is 0. The topological polar surface area (TPSA) is 52.6 Å². The molecule has 2 aliphatic carbocycles. The maximum Gasteiger partial charge on any atom is 0.323 e. The number of carbonyl (C=O) groups excluding carboxylic acids is 2. The summed E-state index contributed by atoms with van der Waals surface area (Å²) in [4.78, 5) is 25.0. The van der Waals surface area contributed by atoms with Gasteiger partial charge in [0.25, 0.3) is 0 Å². The van der Waals surface area contributed by atoms with Crippen LogP contribution in [-0.4, -0.2) is 25.2 Å². The van der Waals surface area contributed by atoms with E-state index in [-0.39, 0.29) is 25.0 Å². The van der Waals surface area contributed by atoms with Crippen molar-refractivity contribution in [3.8, 4) is 0 Å². The van der Waals surface area contributed by atoms with Crippen LogP contribution in [0.3, 0.4) is 0 Å². The molecule has 0 aromatic heterocycles. The van der Waals surface area contributed by atoms with Gasteiger partial charge in [0.15, 0.2) is 5.41 Å². The highest BCUT2D eigenvalue weighted by atomic mass is 16.6. The lowest BCUT2D eigenvalue weighted by Crippen LogP contribution is -2.40. The molecule has 1 fully saturated rings. The SMILES string of the molecule is CCOC(=O)C1(C(=O)OCC)CC2C=C(c3ccccc3)C2C1. The zero-order valence-electron chi connectivity index (χ0n) is 13.6. The van der Waals surface area contributed by atoms with Gasteiger partial charge in [-0.2, -0.15) is 0 Å². The average Bonchev–Trinajstić information content (AvgIpc) is 2.84. The van der Waals surface area contributed by atoms with Gasteiger partial charge in [-0.15, -0.1) is 0 Å². The third kappa shape index (κ3) is 2.56. The normalized spacial score (nSPS) is 24.2. The first-order chi connectivity index (χ1) is 11.1. The van der Waals surface area contributed by atoms with Crippen molar-refractivity contribution < 1.29 is 19.1 Å². The summed E-state index contributed by atoms with van der Waals surface area (Å²) in [6.07, 6.45) is 3.15. The molecule has 3 rings (SSSR count). The quantitative estimate of drug-likeness (QED) is 0.618. The molecule has 0 radical (unpaired) electrons. The van der Waals surface area contributed by atoms with E-state index in [4.69, 9.17) is 9.47 Å². The fraction of sp³-hybridized carbons (Fsp3) is 0.474. The number of hydrogen-bond acceptors (Lipinski definition) is 4. The monoisotopic (exact) mass is 314 g/mol. The molecule has 0 amide bonds. The van der Waals surface area contributed by atoms with Crippen LogP contribution in [0.25, 0.3) is 5.57 Å². The Morgan fingerprint density at radius 3 is 2.22 bits per heavy atom. The standard InChI is InChI=1S/C19H22O4/c1-3-22-17(20)19(18(21)23-4-2)11-14-10-15(16(14)12-19)13-8-6-5-7-9-13/h5-10,14,16H,3-4,11-12H2,1-2H3. The Morgan fingerprint density at radius 2 is 1.65 bits per heavy atom. The molecule has 1 saturated carbocycles. The number of rotatable bonds is 5. The molecule has 1 aromatic carbocycles.